The van der Waals surface area contributed by atoms with Crippen LogP contribution in [0, 0.1) is 11.6 Å². The molecule has 5 heteroatoms. The Labute approximate surface area is 104 Å². The molecule has 0 spiro atoms. The molecule has 2 aromatic rings. The minimum atomic E-state index is -0.852. The smallest absolute Gasteiger partial charge is 0.159 e. The standard InChI is InChI=1S/C13H15F2N3/c1-16-6-5-13-17-12(8-18(13)2)9-3-4-10(14)11(15)7-9/h3-4,7-8,16H,5-6H2,1-2H3. The number of nitrogens with zero attached hydrogens (tertiary/aromatic N) is 2. The van der Waals surface area contributed by atoms with Crippen molar-refractivity contribution in [3.63, 3.8) is 0 Å². The van der Waals surface area contributed by atoms with Gasteiger partial charge in [0.05, 0.1) is 5.69 Å². The van der Waals surface area contributed by atoms with Gasteiger partial charge in [0, 0.05) is 31.8 Å². The lowest BCUT2D eigenvalue weighted by Crippen LogP contribution is -2.12. The third-order valence-corrected chi connectivity index (χ3v) is 2.79. The second-order valence-corrected chi connectivity index (χ2v) is 4.14. The monoisotopic (exact) mass is 251 g/mol. The molecule has 1 aromatic carbocycles. The Hall–Kier alpha value is -1.75. The molecule has 0 radical (unpaired) electrons. The highest BCUT2D eigenvalue weighted by Gasteiger charge is 2.09. The van der Waals surface area contributed by atoms with E-state index in [0.717, 1.165) is 24.9 Å². The van der Waals surface area contributed by atoms with Gasteiger partial charge in [-0.25, -0.2) is 13.8 Å². The van der Waals surface area contributed by atoms with Crippen molar-refractivity contribution in [3.05, 3.63) is 41.9 Å². The summed E-state index contributed by atoms with van der Waals surface area (Å²) in [6, 6.07) is 3.81. The number of aromatic nitrogens is 2. The van der Waals surface area contributed by atoms with Crippen molar-refractivity contribution in [3.8, 4) is 11.3 Å². The molecule has 0 atom stereocenters. The third-order valence-electron chi connectivity index (χ3n) is 2.79. The SMILES string of the molecule is CNCCc1nc(-c2ccc(F)c(F)c2)cn1C. The quantitative estimate of drug-likeness (QED) is 0.902. The summed E-state index contributed by atoms with van der Waals surface area (Å²) in [6.07, 6.45) is 2.61. The van der Waals surface area contributed by atoms with Crippen molar-refractivity contribution in [2.75, 3.05) is 13.6 Å². The summed E-state index contributed by atoms with van der Waals surface area (Å²) in [6.45, 7) is 0.822. The average molecular weight is 251 g/mol. The molecule has 3 nitrogen and oxygen atoms in total. The van der Waals surface area contributed by atoms with Gasteiger partial charge in [-0.05, 0) is 25.2 Å². The van der Waals surface area contributed by atoms with Crippen LogP contribution in [0.3, 0.4) is 0 Å². The molecule has 0 saturated heterocycles. The Kier molecular flexibility index (Phi) is 3.72. The van der Waals surface area contributed by atoms with Gasteiger partial charge in [0.25, 0.3) is 0 Å². The number of nitrogens with one attached hydrogen (secondary N) is 1. The number of aryl methyl sites for hydroxylation is 1. The summed E-state index contributed by atoms with van der Waals surface area (Å²) in [5.74, 6) is -0.788. The highest BCUT2D eigenvalue weighted by Crippen LogP contribution is 2.20. The molecular formula is C13H15F2N3. The fraction of sp³-hybridized carbons (Fsp3) is 0.308. The molecule has 1 N–H and O–H groups in total. The Bertz CT molecular complexity index is 549. The fourth-order valence-corrected chi connectivity index (χ4v) is 1.77. The lowest BCUT2D eigenvalue weighted by molar-refractivity contribution is 0.509. The van der Waals surface area contributed by atoms with E-state index in [9.17, 15) is 8.78 Å². The van der Waals surface area contributed by atoms with Crippen LogP contribution in [0.1, 0.15) is 5.82 Å². The summed E-state index contributed by atoms with van der Waals surface area (Å²) in [5, 5.41) is 3.05. The molecule has 0 aliphatic rings. The highest BCUT2D eigenvalue weighted by atomic mass is 19.2. The number of benzene rings is 1. The number of rotatable bonds is 4. The number of hydrogen-bond acceptors (Lipinski definition) is 2. The maximum Gasteiger partial charge on any atom is 0.159 e. The van der Waals surface area contributed by atoms with E-state index in [1.165, 1.54) is 12.1 Å². The normalized spacial score (nSPS) is 10.9. The summed E-state index contributed by atoms with van der Waals surface area (Å²) in [4.78, 5) is 4.42. The number of hydrogen-bond donors (Lipinski definition) is 1. The van der Waals surface area contributed by atoms with E-state index in [4.69, 9.17) is 0 Å². The average Bonchev–Trinajstić information content (AvgIpc) is 2.72. The first-order chi connectivity index (χ1) is 8.61. The van der Waals surface area contributed by atoms with E-state index >= 15 is 0 Å². The van der Waals surface area contributed by atoms with Crippen LogP contribution in [0.2, 0.25) is 0 Å². The van der Waals surface area contributed by atoms with Gasteiger partial charge in [-0.15, -0.1) is 0 Å². The van der Waals surface area contributed by atoms with E-state index in [1.807, 2.05) is 24.9 Å². The molecule has 1 aromatic heterocycles. The van der Waals surface area contributed by atoms with Crippen molar-refractivity contribution in [2.45, 2.75) is 6.42 Å². The van der Waals surface area contributed by atoms with Crippen molar-refractivity contribution in [1.82, 2.24) is 14.9 Å². The Morgan fingerprint density at radius 1 is 1.28 bits per heavy atom. The van der Waals surface area contributed by atoms with Gasteiger partial charge in [-0.1, -0.05) is 0 Å². The second kappa shape index (κ2) is 5.27. The van der Waals surface area contributed by atoms with Crippen LogP contribution in [0.4, 0.5) is 8.78 Å². The van der Waals surface area contributed by atoms with Gasteiger partial charge in [0.2, 0.25) is 0 Å². The highest BCUT2D eigenvalue weighted by molar-refractivity contribution is 5.58. The zero-order valence-corrected chi connectivity index (χ0v) is 10.4. The van der Waals surface area contributed by atoms with Crippen molar-refractivity contribution < 1.29 is 8.78 Å². The van der Waals surface area contributed by atoms with Crippen LogP contribution >= 0.6 is 0 Å². The van der Waals surface area contributed by atoms with Crippen molar-refractivity contribution in [2.24, 2.45) is 7.05 Å². The van der Waals surface area contributed by atoms with Gasteiger partial charge >= 0.3 is 0 Å². The summed E-state index contributed by atoms with van der Waals surface area (Å²) >= 11 is 0. The predicted octanol–water partition coefficient (Wildman–Crippen LogP) is 2.13. The minimum Gasteiger partial charge on any atom is -0.337 e. The molecule has 96 valence electrons. The van der Waals surface area contributed by atoms with Crippen molar-refractivity contribution in [1.29, 1.82) is 0 Å². The molecule has 0 saturated carbocycles. The van der Waals surface area contributed by atoms with Gasteiger partial charge in [0.1, 0.15) is 5.82 Å². The maximum absolute atomic E-state index is 13.2. The van der Waals surface area contributed by atoms with Crippen LogP contribution in [0.15, 0.2) is 24.4 Å². The number of halogens is 2. The topological polar surface area (TPSA) is 29.9 Å². The van der Waals surface area contributed by atoms with Gasteiger partial charge in [0.15, 0.2) is 11.6 Å². The first kappa shape index (κ1) is 12.7. The summed E-state index contributed by atoms with van der Waals surface area (Å²) < 4.78 is 27.9. The van der Waals surface area contributed by atoms with Crippen LogP contribution in [0.5, 0.6) is 0 Å². The van der Waals surface area contributed by atoms with Gasteiger partial charge in [-0.2, -0.15) is 0 Å². The lowest BCUT2D eigenvalue weighted by atomic mass is 10.1. The Balaban J connectivity index is 2.30. The molecular weight excluding hydrogens is 236 g/mol. The Morgan fingerprint density at radius 2 is 2.06 bits per heavy atom. The third kappa shape index (κ3) is 2.56. The van der Waals surface area contributed by atoms with E-state index in [1.54, 1.807) is 0 Å². The first-order valence-corrected chi connectivity index (χ1v) is 5.74. The zero-order valence-electron chi connectivity index (χ0n) is 10.4. The largest absolute Gasteiger partial charge is 0.337 e. The molecule has 0 bridgehead atoms. The maximum atomic E-state index is 13.2. The van der Waals surface area contributed by atoms with E-state index in [0.29, 0.717) is 11.3 Å². The minimum absolute atomic E-state index is 0.584. The summed E-state index contributed by atoms with van der Waals surface area (Å²) in [5.41, 5.74) is 1.24. The molecule has 0 aliphatic carbocycles. The van der Waals surface area contributed by atoms with Crippen LogP contribution in [-0.4, -0.2) is 23.1 Å². The van der Waals surface area contributed by atoms with Crippen LogP contribution < -0.4 is 5.32 Å². The predicted molar refractivity (Wildman–Crippen MR) is 66.2 cm³/mol. The first-order valence-electron chi connectivity index (χ1n) is 5.74. The zero-order chi connectivity index (χ0) is 13.1. The van der Waals surface area contributed by atoms with E-state index in [2.05, 4.69) is 10.3 Å². The number of likely N-dealkylation sites (N-methyl/N-ethyl adjacent to an activating group) is 1. The number of imidazole rings is 1. The lowest BCUT2D eigenvalue weighted by Gasteiger charge is -1.99. The molecule has 0 unspecified atom stereocenters. The molecule has 0 fully saturated rings. The summed E-state index contributed by atoms with van der Waals surface area (Å²) in [7, 11) is 3.76. The van der Waals surface area contributed by atoms with Crippen molar-refractivity contribution >= 4 is 0 Å². The van der Waals surface area contributed by atoms with Gasteiger partial charge < -0.3 is 9.88 Å². The molecule has 0 aliphatic heterocycles. The Morgan fingerprint density at radius 3 is 2.72 bits per heavy atom. The van der Waals surface area contributed by atoms with Gasteiger partial charge in [-0.3, -0.25) is 0 Å². The van der Waals surface area contributed by atoms with E-state index in [-0.39, 0.29) is 0 Å². The van der Waals surface area contributed by atoms with Crippen LogP contribution in [0.25, 0.3) is 11.3 Å². The molecule has 1 heterocycles. The van der Waals surface area contributed by atoms with E-state index < -0.39 is 11.6 Å². The van der Waals surface area contributed by atoms with Crippen LogP contribution in [-0.2, 0) is 13.5 Å². The molecule has 2 rings (SSSR count). The molecule has 0 amide bonds. The second-order valence-electron chi connectivity index (χ2n) is 4.14. The molecule has 18 heavy (non-hydrogen) atoms. The fourth-order valence-electron chi connectivity index (χ4n) is 1.77.